The van der Waals surface area contributed by atoms with E-state index in [2.05, 4.69) is 10.6 Å². The molecule has 1 saturated heterocycles. The molecule has 2 amide bonds. The van der Waals surface area contributed by atoms with Gasteiger partial charge in [-0.25, -0.2) is 9.18 Å². The molecule has 1 aliphatic heterocycles. The van der Waals surface area contributed by atoms with E-state index in [1.807, 2.05) is 0 Å². The molecule has 3 unspecified atom stereocenters. The quantitative estimate of drug-likeness (QED) is 0.250. The Morgan fingerprint density at radius 1 is 1.10 bits per heavy atom. The fraction of sp³-hybridized carbons (Fsp3) is 0.440. The number of hydrogen-bond acceptors (Lipinski definition) is 8. The van der Waals surface area contributed by atoms with Crippen LogP contribution in [0.5, 0.6) is 11.5 Å². The Hall–Kier alpha value is -3.24. The van der Waals surface area contributed by atoms with Crippen molar-refractivity contribution in [2.24, 2.45) is 0 Å². The third kappa shape index (κ3) is 7.54. The van der Waals surface area contributed by atoms with Crippen molar-refractivity contribution in [2.45, 2.75) is 61.8 Å². The number of amides is 2. The van der Waals surface area contributed by atoms with Crippen LogP contribution in [-0.4, -0.2) is 58.3 Å². The van der Waals surface area contributed by atoms with Crippen LogP contribution in [0, 0.1) is 11.6 Å². The minimum absolute atomic E-state index is 0.0439. The molecule has 2 aromatic carbocycles. The van der Waals surface area contributed by atoms with Gasteiger partial charge < -0.3 is 29.5 Å². The minimum atomic E-state index is -4.75. The molecule has 224 valence electrons. The first kappa shape index (κ1) is 32.3. The van der Waals surface area contributed by atoms with Crippen molar-refractivity contribution in [3.8, 4) is 11.5 Å². The largest absolute Gasteiger partial charge is 0.707 e. The molecule has 1 fully saturated rings. The van der Waals surface area contributed by atoms with E-state index < -0.39 is 70.8 Å². The Balaban J connectivity index is 1.95. The van der Waals surface area contributed by atoms with Crippen LogP contribution in [0.15, 0.2) is 30.3 Å². The summed E-state index contributed by atoms with van der Waals surface area (Å²) in [6.07, 6.45) is -6.28. The van der Waals surface area contributed by atoms with Gasteiger partial charge in [-0.05, 0) is 52.3 Å². The number of carbonyl (C=O) groups is 2. The number of halogens is 5. The summed E-state index contributed by atoms with van der Waals surface area (Å²) in [5, 5.41) is 22.0. The first-order valence-electron chi connectivity index (χ1n) is 12.1. The molecule has 0 bridgehead atoms. The average molecular weight is 606 g/mol. The first-order chi connectivity index (χ1) is 18.8. The van der Waals surface area contributed by atoms with Crippen molar-refractivity contribution in [2.75, 3.05) is 17.7 Å². The Morgan fingerprint density at radius 2 is 1.76 bits per heavy atom. The molecule has 0 spiro atoms. The van der Waals surface area contributed by atoms with E-state index >= 15 is 0 Å². The second-order valence-corrected chi connectivity index (χ2v) is 12.0. The topological polar surface area (TPSA) is 126 Å². The number of benzene rings is 2. The van der Waals surface area contributed by atoms with Crippen LogP contribution in [0.2, 0.25) is 0 Å². The lowest BCUT2D eigenvalue weighted by atomic mass is 9.85. The van der Waals surface area contributed by atoms with Gasteiger partial charge in [0.05, 0.1) is 18.0 Å². The van der Waals surface area contributed by atoms with E-state index in [0.717, 1.165) is 32.2 Å². The van der Waals surface area contributed by atoms with Gasteiger partial charge >= 0.3 is 19.6 Å². The van der Waals surface area contributed by atoms with Crippen molar-refractivity contribution >= 4 is 42.5 Å². The normalized spacial score (nSPS) is 20.8. The van der Waals surface area contributed by atoms with Crippen molar-refractivity contribution in [1.82, 2.24) is 0 Å². The third-order valence-electron chi connectivity index (χ3n) is 6.02. The van der Waals surface area contributed by atoms with Crippen LogP contribution >= 0.6 is 11.8 Å². The number of anilines is 2. The van der Waals surface area contributed by atoms with Gasteiger partial charge in [-0.15, -0.1) is 11.8 Å². The number of carbonyl (C=O) groups excluding carboxylic acids is 2. The summed E-state index contributed by atoms with van der Waals surface area (Å²) >= 11 is 0.318. The number of hydrogen-bond donors (Lipinski definition) is 4. The predicted octanol–water partition coefficient (Wildman–Crippen LogP) is 5.22. The maximum absolute atomic E-state index is 14.5. The molecule has 9 nitrogen and oxygen atoms in total. The molecule has 1 heterocycles. The number of ether oxygens (including phenoxy) is 2. The SMILES string of the molecule is COc1c(C2CC(C)(C(F)(F)F)SC2C(=O)Nc2ccc(NC(=O)OC(C)(C)C)c(OB(O)O)c2)ccc(F)c1F. The smallest absolute Gasteiger partial charge is 0.510 e. The zero-order valence-corrected chi connectivity index (χ0v) is 23.4. The van der Waals surface area contributed by atoms with Gasteiger partial charge in [-0.2, -0.15) is 17.6 Å². The van der Waals surface area contributed by atoms with Gasteiger partial charge in [0.15, 0.2) is 11.6 Å². The van der Waals surface area contributed by atoms with E-state index in [1.165, 1.54) is 12.1 Å². The average Bonchev–Trinajstić information content (AvgIpc) is 3.20. The fourth-order valence-electron chi connectivity index (χ4n) is 4.22. The van der Waals surface area contributed by atoms with Gasteiger partial charge in [-0.1, -0.05) is 6.07 Å². The molecule has 2 aromatic rings. The van der Waals surface area contributed by atoms with Crippen LogP contribution in [-0.2, 0) is 9.53 Å². The Bertz CT molecular complexity index is 1310. The van der Waals surface area contributed by atoms with E-state index in [9.17, 15) is 41.6 Å². The summed E-state index contributed by atoms with van der Waals surface area (Å²) in [6, 6.07) is 5.43. The van der Waals surface area contributed by atoms with Crippen LogP contribution in [0.4, 0.5) is 38.1 Å². The zero-order valence-electron chi connectivity index (χ0n) is 22.6. The number of rotatable bonds is 7. The fourth-order valence-corrected chi connectivity index (χ4v) is 5.76. The monoisotopic (exact) mass is 606 g/mol. The number of thioether (sulfide) groups is 1. The lowest BCUT2D eigenvalue weighted by Crippen LogP contribution is -2.37. The maximum Gasteiger partial charge on any atom is 0.707 e. The second kappa shape index (κ2) is 11.9. The molecular weight excluding hydrogens is 578 g/mol. The first-order valence-corrected chi connectivity index (χ1v) is 13.0. The summed E-state index contributed by atoms with van der Waals surface area (Å²) in [5.74, 6) is -5.74. The summed E-state index contributed by atoms with van der Waals surface area (Å²) in [5.41, 5.74) is -1.09. The van der Waals surface area contributed by atoms with Crippen LogP contribution < -0.4 is 20.0 Å². The third-order valence-corrected chi connectivity index (χ3v) is 7.74. The van der Waals surface area contributed by atoms with Gasteiger partial charge in [0, 0.05) is 23.2 Å². The lowest BCUT2D eigenvalue weighted by Gasteiger charge is -2.26. The highest BCUT2D eigenvalue weighted by Gasteiger charge is 2.61. The van der Waals surface area contributed by atoms with Crippen LogP contribution in [0.3, 0.4) is 0 Å². The molecule has 0 radical (unpaired) electrons. The van der Waals surface area contributed by atoms with Crippen molar-refractivity contribution in [1.29, 1.82) is 0 Å². The lowest BCUT2D eigenvalue weighted by molar-refractivity contribution is -0.155. The minimum Gasteiger partial charge on any atom is -0.510 e. The summed E-state index contributed by atoms with van der Waals surface area (Å²) in [7, 11) is -1.30. The summed E-state index contributed by atoms with van der Waals surface area (Å²) < 4.78 is 82.9. The standard InChI is InChI=1S/C25H28BF5N2O7S/c1-23(2,3)39-22(35)33-16-9-6-12(10-17(16)40-26(36)37)32-21(34)20-14(11-24(4,41-20)25(29,30)31)13-7-8-15(27)18(28)19(13)38-5/h6-10,14,20,36-37H,11H2,1-5H3,(H,32,34)(H,33,35). The van der Waals surface area contributed by atoms with Gasteiger partial charge in [0.25, 0.3) is 0 Å². The second-order valence-electron chi connectivity index (χ2n) is 10.3. The van der Waals surface area contributed by atoms with Gasteiger partial charge in [0.1, 0.15) is 16.1 Å². The van der Waals surface area contributed by atoms with Crippen LogP contribution in [0.25, 0.3) is 0 Å². The number of alkyl halides is 3. The predicted molar refractivity (Wildman–Crippen MR) is 142 cm³/mol. The Morgan fingerprint density at radius 3 is 2.32 bits per heavy atom. The number of methoxy groups -OCH3 is 1. The molecule has 16 heteroatoms. The highest BCUT2D eigenvalue weighted by Crippen LogP contribution is 2.59. The molecule has 0 aliphatic carbocycles. The van der Waals surface area contributed by atoms with Crippen molar-refractivity contribution < 1.29 is 55.7 Å². The highest BCUT2D eigenvalue weighted by atomic mass is 32.2. The summed E-state index contributed by atoms with van der Waals surface area (Å²) in [6.45, 7) is 5.77. The van der Waals surface area contributed by atoms with E-state index in [4.69, 9.17) is 14.1 Å². The van der Waals surface area contributed by atoms with E-state index in [1.54, 1.807) is 20.8 Å². The Kier molecular flexibility index (Phi) is 9.40. The zero-order chi connectivity index (χ0) is 30.9. The molecule has 3 rings (SSSR count). The van der Waals surface area contributed by atoms with Crippen LogP contribution in [0.1, 0.15) is 45.6 Å². The molecule has 0 aromatic heterocycles. The molecule has 3 atom stereocenters. The van der Waals surface area contributed by atoms with E-state index in [-0.39, 0.29) is 22.7 Å². The highest BCUT2D eigenvalue weighted by molar-refractivity contribution is 8.02. The maximum atomic E-state index is 14.5. The number of nitrogens with one attached hydrogen (secondary N) is 2. The molecule has 41 heavy (non-hydrogen) atoms. The molecule has 0 saturated carbocycles. The van der Waals surface area contributed by atoms with Gasteiger partial charge in [0.2, 0.25) is 11.7 Å². The Labute approximate surface area is 236 Å². The summed E-state index contributed by atoms with van der Waals surface area (Å²) in [4.78, 5) is 25.6. The molecular formula is C25H28BF5N2O7S. The van der Waals surface area contributed by atoms with Crippen molar-refractivity contribution in [3.05, 3.63) is 47.5 Å². The molecule has 1 aliphatic rings. The molecule has 4 N–H and O–H groups in total. The van der Waals surface area contributed by atoms with E-state index in [0.29, 0.717) is 11.8 Å². The van der Waals surface area contributed by atoms with Gasteiger partial charge in [-0.3, -0.25) is 10.1 Å². The van der Waals surface area contributed by atoms with Crippen molar-refractivity contribution in [3.63, 3.8) is 0 Å².